The highest BCUT2D eigenvalue weighted by molar-refractivity contribution is 6.05. The molecule has 0 spiro atoms. The quantitative estimate of drug-likeness (QED) is 0.522. The maximum absolute atomic E-state index is 3.41. The van der Waals surface area contributed by atoms with E-state index in [1.54, 1.807) is 0 Å². The van der Waals surface area contributed by atoms with Crippen molar-refractivity contribution in [1.29, 1.82) is 0 Å². The monoisotopic (exact) mass is 199 g/mol. The molecule has 0 aromatic carbocycles. The molecule has 0 aliphatic carbocycles. The molecule has 3 heterocycles. The number of hydrogen-bond donors (Lipinski definition) is 1. The maximum Gasteiger partial charge on any atom is 0.178 e. The first-order chi connectivity index (χ1) is 7.24. The van der Waals surface area contributed by atoms with Crippen LogP contribution in [-0.4, -0.2) is 4.98 Å². The first-order valence-corrected chi connectivity index (χ1v) is 5.00. The van der Waals surface area contributed by atoms with Crippen molar-refractivity contribution in [2.75, 3.05) is 0 Å². The van der Waals surface area contributed by atoms with Gasteiger partial charge in [0.05, 0.1) is 21.8 Å². The summed E-state index contributed by atoms with van der Waals surface area (Å²) in [5, 5.41) is 2.54. The van der Waals surface area contributed by atoms with Crippen LogP contribution in [0.1, 0.15) is 0 Å². The molecule has 3 aromatic rings. The first-order valence-electron chi connectivity index (χ1n) is 5.00. The molecule has 74 valence electrons. The normalized spacial score (nSPS) is 11.3. The van der Waals surface area contributed by atoms with Gasteiger partial charge in [-0.15, -0.1) is 0 Å². The molecule has 0 aliphatic heterocycles. The van der Waals surface area contributed by atoms with Gasteiger partial charge in [-0.25, -0.2) is 9.13 Å². The van der Waals surface area contributed by atoms with E-state index in [1.807, 2.05) is 14.1 Å². The van der Waals surface area contributed by atoms with Crippen LogP contribution in [0.5, 0.6) is 0 Å². The van der Waals surface area contributed by atoms with Crippen LogP contribution in [-0.2, 0) is 14.1 Å². The lowest BCUT2D eigenvalue weighted by Gasteiger charge is -1.88. The van der Waals surface area contributed by atoms with Crippen molar-refractivity contribution in [1.82, 2.24) is 4.98 Å². The van der Waals surface area contributed by atoms with E-state index in [1.165, 1.54) is 21.8 Å². The Morgan fingerprint density at radius 1 is 0.867 bits per heavy atom. The number of nitrogens with zero attached hydrogens (tertiary/aromatic N) is 2. The Balaban J connectivity index is 2.55. The lowest BCUT2D eigenvalue weighted by atomic mass is 10.2. The van der Waals surface area contributed by atoms with Crippen molar-refractivity contribution in [3.05, 3.63) is 36.9 Å². The number of nitrogens with one attached hydrogen (secondary N) is 1. The van der Waals surface area contributed by atoms with Crippen LogP contribution >= 0.6 is 0 Å². The fourth-order valence-electron chi connectivity index (χ4n) is 1.99. The van der Waals surface area contributed by atoms with Crippen LogP contribution < -0.4 is 9.13 Å². The number of aromatic amines is 1. The summed E-state index contributed by atoms with van der Waals surface area (Å²) in [6.07, 6.45) is 8.40. The summed E-state index contributed by atoms with van der Waals surface area (Å²) in [5.41, 5.74) is 2.38. The second-order valence-electron chi connectivity index (χ2n) is 4.00. The minimum absolute atomic E-state index is 1.19. The number of rotatable bonds is 0. The Labute approximate surface area is 87.6 Å². The Kier molecular flexibility index (Phi) is 1.57. The molecule has 0 aliphatic rings. The molecule has 15 heavy (non-hydrogen) atoms. The molecule has 3 heteroatoms. The molecular weight excluding hydrogens is 186 g/mol. The minimum Gasteiger partial charge on any atom is -0.354 e. The first kappa shape index (κ1) is 8.41. The molecule has 3 aromatic heterocycles. The van der Waals surface area contributed by atoms with Gasteiger partial charge in [0.15, 0.2) is 24.8 Å². The third-order valence-corrected chi connectivity index (χ3v) is 2.76. The van der Waals surface area contributed by atoms with Gasteiger partial charge in [-0.05, 0) is 0 Å². The molecule has 0 saturated heterocycles. The number of pyridine rings is 2. The fraction of sp³-hybridized carbons (Fsp3) is 0.167. The Bertz CT molecular complexity index is 596. The van der Waals surface area contributed by atoms with E-state index in [2.05, 4.69) is 51.0 Å². The van der Waals surface area contributed by atoms with E-state index in [9.17, 15) is 0 Å². The summed E-state index contributed by atoms with van der Waals surface area (Å²) in [6, 6.07) is 4.21. The number of aromatic nitrogens is 3. The molecular formula is C12H13N3+2. The largest absolute Gasteiger partial charge is 0.354 e. The standard InChI is InChI=1S/C12H12N3/c1-14-5-3-11-9(7-14)10-8-15(2)6-4-12(10)13-11/h3-8H,1-2H3/q+1/p+1. The van der Waals surface area contributed by atoms with E-state index in [0.717, 1.165) is 0 Å². The molecule has 0 fully saturated rings. The van der Waals surface area contributed by atoms with Gasteiger partial charge in [-0.2, -0.15) is 0 Å². The highest BCUT2D eigenvalue weighted by Gasteiger charge is 2.09. The average molecular weight is 199 g/mol. The number of hydrogen-bond acceptors (Lipinski definition) is 0. The second-order valence-corrected chi connectivity index (χ2v) is 4.00. The molecule has 3 rings (SSSR count). The summed E-state index contributed by atoms with van der Waals surface area (Å²) in [4.78, 5) is 3.41. The van der Waals surface area contributed by atoms with Crippen molar-refractivity contribution in [2.24, 2.45) is 14.1 Å². The highest BCUT2D eigenvalue weighted by atomic mass is 14.9. The van der Waals surface area contributed by atoms with Gasteiger partial charge in [0.2, 0.25) is 0 Å². The smallest absolute Gasteiger partial charge is 0.178 e. The molecule has 0 radical (unpaired) electrons. The van der Waals surface area contributed by atoms with Gasteiger partial charge < -0.3 is 4.98 Å². The topological polar surface area (TPSA) is 23.5 Å². The SMILES string of the molecule is C[n+]1ccc2[nH]c3cc[n+](C)cc3c2c1. The lowest BCUT2D eigenvalue weighted by Crippen LogP contribution is -2.26. The second kappa shape index (κ2) is 2.79. The van der Waals surface area contributed by atoms with Crippen LogP contribution in [0.25, 0.3) is 21.8 Å². The molecule has 1 N–H and O–H groups in total. The summed E-state index contributed by atoms with van der Waals surface area (Å²) in [7, 11) is 4.09. The predicted octanol–water partition coefficient (Wildman–Crippen LogP) is 0.970. The van der Waals surface area contributed by atoms with Gasteiger partial charge >= 0.3 is 0 Å². The Morgan fingerprint density at radius 2 is 1.33 bits per heavy atom. The van der Waals surface area contributed by atoms with E-state index >= 15 is 0 Å². The average Bonchev–Trinajstić information content (AvgIpc) is 2.56. The predicted molar refractivity (Wildman–Crippen MR) is 58.2 cm³/mol. The molecule has 3 nitrogen and oxygen atoms in total. The van der Waals surface area contributed by atoms with Crippen molar-refractivity contribution < 1.29 is 9.13 Å². The van der Waals surface area contributed by atoms with Gasteiger partial charge in [-0.3, -0.25) is 0 Å². The molecule has 0 saturated carbocycles. The molecule has 0 unspecified atom stereocenters. The molecule has 0 amide bonds. The van der Waals surface area contributed by atoms with Gasteiger partial charge in [0.1, 0.15) is 14.1 Å². The summed E-state index contributed by atoms with van der Waals surface area (Å²) in [5.74, 6) is 0. The van der Waals surface area contributed by atoms with Crippen molar-refractivity contribution in [2.45, 2.75) is 0 Å². The zero-order chi connectivity index (χ0) is 10.4. The number of fused-ring (bicyclic) bond motifs is 3. The maximum atomic E-state index is 3.41. The van der Waals surface area contributed by atoms with E-state index in [-0.39, 0.29) is 0 Å². The Morgan fingerprint density at radius 3 is 1.80 bits per heavy atom. The zero-order valence-corrected chi connectivity index (χ0v) is 8.86. The van der Waals surface area contributed by atoms with Gasteiger partial charge in [-0.1, -0.05) is 0 Å². The highest BCUT2D eigenvalue weighted by Crippen LogP contribution is 2.21. The van der Waals surface area contributed by atoms with Crippen LogP contribution in [0.3, 0.4) is 0 Å². The molecule has 0 atom stereocenters. The summed E-state index contributed by atoms with van der Waals surface area (Å²) < 4.78 is 4.14. The third kappa shape index (κ3) is 1.20. The van der Waals surface area contributed by atoms with E-state index in [4.69, 9.17) is 0 Å². The van der Waals surface area contributed by atoms with E-state index in [0.29, 0.717) is 0 Å². The van der Waals surface area contributed by atoms with Crippen LogP contribution in [0.4, 0.5) is 0 Å². The third-order valence-electron chi connectivity index (χ3n) is 2.76. The van der Waals surface area contributed by atoms with Gasteiger partial charge in [0.25, 0.3) is 0 Å². The minimum atomic E-state index is 1.19. The van der Waals surface area contributed by atoms with Crippen LogP contribution in [0.2, 0.25) is 0 Å². The van der Waals surface area contributed by atoms with Crippen molar-refractivity contribution in [3.8, 4) is 0 Å². The lowest BCUT2D eigenvalue weighted by molar-refractivity contribution is -0.671. The van der Waals surface area contributed by atoms with Crippen LogP contribution in [0.15, 0.2) is 36.9 Å². The Hall–Kier alpha value is -1.90. The van der Waals surface area contributed by atoms with Crippen molar-refractivity contribution >= 4 is 21.8 Å². The zero-order valence-electron chi connectivity index (χ0n) is 8.86. The van der Waals surface area contributed by atoms with Crippen molar-refractivity contribution in [3.63, 3.8) is 0 Å². The summed E-state index contributed by atoms with van der Waals surface area (Å²) >= 11 is 0. The fourth-order valence-corrected chi connectivity index (χ4v) is 1.99. The van der Waals surface area contributed by atoms with Crippen LogP contribution in [0, 0.1) is 0 Å². The van der Waals surface area contributed by atoms with Gasteiger partial charge in [0, 0.05) is 12.1 Å². The van der Waals surface area contributed by atoms with E-state index < -0.39 is 0 Å². The molecule has 0 bridgehead atoms. The summed E-state index contributed by atoms with van der Waals surface area (Å²) in [6.45, 7) is 0. The number of aryl methyl sites for hydroxylation is 2. The number of H-pyrrole nitrogens is 1.